The Morgan fingerprint density at radius 3 is 1.46 bits per heavy atom. The monoisotopic (exact) mass is 1690 g/mol. The van der Waals surface area contributed by atoms with Gasteiger partial charge in [-0.2, -0.15) is 5.10 Å². The molecule has 0 radical (unpaired) electrons. The van der Waals surface area contributed by atoms with Crippen LogP contribution in [-0.4, -0.2) is 194 Å². The van der Waals surface area contributed by atoms with E-state index in [-0.39, 0.29) is 53.0 Å². The Hall–Kier alpha value is -11.1. The predicted octanol–water partition coefficient (Wildman–Crippen LogP) is 14.7. The van der Waals surface area contributed by atoms with Crippen molar-refractivity contribution >= 4 is 86.9 Å². The Labute approximate surface area is 725 Å². The Morgan fingerprint density at radius 1 is 0.468 bits per heavy atom. The number of rotatable bonds is 16. The van der Waals surface area contributed by atoms with Crippen molar-refractivity contribution in [3.8, 4) is 0 Å². The van der Waals surface area contributed by atoms with Gasteiger partial charge in [0.05, 0.1) is 22.9 Å². The first-order valence-corrected chi connectivity index (χ1v) is 45.5. The Morgan fingerprint density at radius 2 is 0.944 bits per heavy atom. The number of carbonyl (C=O) groups excluding carboxylic acids is 8. The van der Waals surface area contributed by atoms with Gasteiger partial charge in [-0.1, -0.05) is 45.4 Å². The normalized spacial score (nSPS) is 21.8. The minimum absolute atomic E-state index is 0.0246. The first-order valence-electron chi connectivity index (χ1n) is 45.5. The number of ether oxygens (including phenoxy) is 2. The van der Waals surface area contributed by atoms with Gasteiger partial charge in [0, 0.05) is 175 Å². The zero-order valence-electron chi connectivity index (χ0n) is 73.3. The van der Waals surface area contributed by atoms with Gasteiger partial charge < -0.3 is 64.5 Å². The van der Waals surface area contributed by atoms with Crippen LogP contribution in [0.4, 0.5) is 9.59 Å². The molecule has 28 heteroatoms. The van der Waals surface area contributed by atoms with E-state index < -0.39 is 11.2 Å². The first kappa shape index (κ1) is 86.5. The predicted molar refractivity (Wildman–Crippen MR) is 472 cm³/mol. The van der Waals surface area contributed by atoms with Crippen LogP contribution in [0.15, 0.2) is 128 Å². The Kier molecular flexibility index (Phi) is 25.3. The number of carbonyl (C=O) groups is 8. The molecule has 658 valence electrons. The lowest BCUT2D eigenvalue weighted by molar-refractivity contribution is -0.132. The van der Waals surface area contributed by atoms with Crippen molar-refractivity contribution in [2.45, 2.75) is 214 Å². The molecule has 12 heterocycles. The van der Waals surface area contributed by atoms with Crippen LogP contribution in [0.5, 0.6) is 0 Å². The van der Waals surface area contributed by atoms with E-state index in [1.54, 1.807) is 55.6 Å². The third-order valence-corrected chi connectivity index (χ3v) is 28.9. The lowest BCUT2D eigenvalue weighted by Crippen LogP contribution is -2.51. The van der Waals surface area contributed by atoms with Gasteiger partial charge >= 0.3 is 12.2 Å². The van der Waals surface area contributed by atoms with Crippen LogP contribution in [0.1, 0.15) is 249 Å². The first-order chi connectivity index (χ1) is 59.6. The molecule has 10 fully saturated rings. The van der Waals surface area contributed by atoms with Crippen molar-refractivity contribution in [1.29, 1.82) is 0 Å². The number of likely N-dealkylation sites (tertiary alicyclic amines) is 3. The molecule has 5 spiro atoms. The van der Waals surface area contributed by atoms with E-state index in [4.69, 9.17) is 9.47 Å². The van der Waals surface area contributed by atoms with Crippen LogP contribution in [0, 0.1) is 56.7 Å². The van der Waals surface area contributed by atoms with Gasteiger partial charge in [-0.05, 0) is 267 Å². The van der Waals surface area contributed by atoms with Gasteiger partial charge in [0.1, 0.15) is 28.2 Å². The van der Waals surface area contributed by atoms with Crippen LogP contribution in [0.2, 0.25) is 0 Å². The molecule has 7 N–H and O–H groups in total. The second kappa shape index (κ2) is 36.3. The number of fused-ring (bicyclic) bond motifs is 5. The zero-order valence-corrected chi connectivity index (χ0v) is 73.3. The number of H-pyrrole nitrogens is 2. The second-order valence-electron chi connectivity index (χ2n) is 39.5. The largest absolute Gasteiger partial charge is 0.444 e. The van der Waals surface area contributed by atoms with E-state index in [0.717, 1.165) is 173 Å². The molecule has 20 rings (SSSR count). The van der Waals surface area contributed by atoms with Crippen molar-refractivity contribution in [1.82, 2.24) is 90.2 Å². The van der Waals surface area contributed by atoms with Crippen LogP contribution >= 0.6 is 0 Å². The molecule has 8 aliphatic carbocycles. The molecule has 8 amide bonds. The average Bonchev–Trinajstić information content (AvgIpc) is 1.62. The molecule has 0 bridgehead atoms. The molecule has 4 unspecified atom stereocenters. The number of amides is 8. The molecule has 4 atom stereocenters. The molecule has 28 nitrogen and oxygen atoms in total. The molecule has 11 aliphatic rings. The Bertz CT molecular complexity index is 5360. The molecule has 7 saturated carbocycles. The number of nitrogens with zero attached hydrogens (tertiary/aromatic N) is 11. The highest BCUT2D eigenvalue weighted by atomic mass is 16.6. The lowest BCUT2D eigenvalue weighted by atomic mass is 9.57. The second-order valence-corrected chi connectivity index (χ2v) is 39.5. The van der Waals surface area contributed by atoms with Crippen LogP contribution < -0.4 is 26.6 Å². The van der Waals surface area contributed by atoms with Gasteiger partial charge in [0.2, 0.25) is 11.8 Å². The summed E-state index contributed by atoms with van der Waals surface area (Å²) in [6, 6.07) is 14.9. The molecular formula is C96H124N18O10. The van der Waals surface area contributed by atoms with Gasteiger partial charge in [-0.25, -0.2) is 24.5 Å². The molecule has 9 aromatic heterocycles. The maximum absolute atomic E-state index is 12.5. The summed E-state index contributed by atoms with van der Waals surface area (Å²) in [4.78, 5) is 128. The summed E-state index contributed by atoms with van der Waals surface area (Å²) in [6.45, 7) is 21.8. The van der Waals surface area contributed by atoms with Gasteiger partial charge in [-0.3, -0.25) is 43.8 Å². The van der Waals surface area contributed by atoms with E-state index in [1.807, 2.05) is 145 Å². The van der Waals surface area contributed by atoms with E-state index in [9.17, 15) is 38.4 Å². The third kappa shape index (κ3) is 20.6. The van der Waals surface area contributed by atoms with E-state index in [1.165, 1.54) is 82.6 Å². The number of hydrogen-bond acceptors (Lipinski definition) is 16. The lowest BCUT2D eigenvalue weighted by Gasteiger charge is -2.52. The summed E-state index contributed by atoms with van der Waals surface area (Å²) in [7, 11) is 0. The number of hydrogen-bond donors (Lipinski definition) is 7. The fourth-order valence-corrected chi connectivity index (χ4v) is 21.0. The highest BCUT2D eigenvalue weighted by Gasteiger charge is 2.58. The van der Waals surface area contributed by atoms with Crippen LogP contribution in [0.3, 0.4) is 0 Å². The summed E-state index contributed by atoms with van der Waals surface area (Å²) >= 11 is 0. The summed E-state index contributed by atoms with van der Waals surface area (Å²) in [5.41, 5.74) is 10.2. The van der Waals surface area contributed by atoms with Crippen molar-refractivity contribution < 1.29 is 47.8 Å². The van der Waals surface area contributed by atoms with Crippen molar-refractivity contribution in [3.05, 3.63) is 162 Å². The summed E-state index contributed by atoms with van der Waals surface area (Å²) < 4.78 is 14.6. The minimum atomic E-state index is -0.460. The number of piperidine rings is 3. The molecule has 3 saturated heterocycles. The van der Waals surface area contributed by atoms with Crippen molar-refractivity contribution in [2.24, 2.45) is 56.7 Å². The third-order valence-electron chi connectivity index (χ3n) is 28.9. The van der Waals surface area contributed by atoms with Crippen LogP contribution in [-0.2, 0) is 25.5 Å². The quantitative estimate of drug-likeness (QED) is 0.0472. The van der Waals surface area contributed by atoms with Gasteiger partial charge in [-0.15, -0.1) is 0 Å². The maximum Gasteiger partial charge on any atom is 0.410 e. The molecule has 0 aromatic carbocycles. The number of nitrogens with one attached hydrogen (secondary N) is 7. The molecule has 3 aliphatic heterocycles. The number of aromatic nitrogens is 10. The minimum Gasteiger partial charge on any atom is -0.444 e. The van der Waals surface area contributed by atoms with Crippen LogP contribution in [0.25, 0.3) is 39.3 Å². The standard InChI is InChI=1S/C22H30N4O3.C21H28N4O3.C19H24N4O2.C18H22N2O.C16H20N4O/c1-21(2,3)29-20(28)25-9-6-22(7-10-25)12-16(13-22)14-24-19(27)17-4-5-18-23-8-11-26(18)15-17;1-20(2,3)28-19(27)24-9-6-21(7-10-24)12-16(21)13-23-18(26)15-4-5-17-22-8-11-25(17)14-15;1-2-17(24)23-7-4-19(5-8-23)10-14(19)12-21-18(25)16-9-13-11-20-6-3-15(13)22-16;21-17(14-8-13-4-7-19-11-15(13)9-14)20-12-16-10-18(16)5-2-1-3-6-18;21-15(12-6-11-9-19-20-14(11)17-8-12)18-10-13-7-16(13)4-2-1-3-5-16/h4-5,8,11,15-16H,6-7,9-10,12-14H2,1-3H3,(H,24,27);4-5,8,11,14,16H,6-7,9-10,12-13H2,1-3H3,(H,23,26);3,6,9,11,14,22H,2,4-5,7-8,10,12H2,1H3,(H,21,25);4,7,9,11,16H,1-3,5-6,8,10,12H2,(H,20,21);6,8-9,13H,1-5,7,10H2,(H,18,21)(H,17,19,20). The number of imidazole rings is 2. The molecule has 124 heavy (non-hydrogen) atoms. The highest BCUT2D eigenvalue weighted by Crippen LogP contribution is 2.63. The van der Waals surface area contributed by atoms with Gasteiger partial charge in [0.25, 0.3) is 23.6 Å². The fourth-order valence-electron chi connectivity index (χ4n) is 21.0. The number of pyridine rings is 5. The SMILES string of the molecule is CC(C)(C)OC(=O)N1CCC2(CC1)CC(CNC(=O)c1ccc3nccn3c1)C2.CC(C)(C)OC(=O)N1CCC2(CC1)CC2CNC(=O)c1ccc2nccn2c1.CCC(=O)N1CCC2(CC1)CC2CNC(=O)c1cc2cnccc2[nH]1.O=C(NCC1CC12CCCCC2)C1=Cc2cnccc2C1.O=C(NCC1CC12CCCCC2)c1cnc2[nH]ncc2c1. The summed E-state index contributed by atoms with van der Waals surface area (Å²) in [5.74, 6) is 3.17. The van der Waals surface area contributed by atoms with E-state index >= 15 is 0 Å². The summed E-state index contributed by atoms with van der Waals surface area (Å²) in [6.07, 6.45) is 51.1. The smallest absolute Gasteiger partial charge is 0.410 e. The zero-order chi connectivity index (χ0) is 86.6. The fraction of sp³-hybridized carbons (Fsp3) is 0.562. The highest BCUT2D eigenvalue weighted by molar-refractivity contribution is 6.01. The van der Waals surface area contributed by atoms with E-state index in [2.05, 4.69) is 66.7 Å². The molecular weight excluding hydrogens is 1570 g/mol. The molecule has 9 aromatic rings. The van der Waals surface area contributed by atoms with E-state index in [0.29, 0.717) is 93.8 Å². The topological polar surface area (TPSA) is 343 Å². The van der Waals surface area contributed by atoms with Crippen molar-refractivity contribution in [2.75, 3.05) is 72.0 Å². The number of aromatic amines is 2. The average molecular weight is 1690 g/mol. The Balaban J connectivity index is 0.000000115. The van der Waals surface area contributed by atoms with Crippen molar-refractivity contribution in [3.63, 3.8) is 0 Å². The van der Waals surface area contributed by atoms with Gasteiger partial charge in [0.15, 0.2) is 5.65 Å². The summed E-state index contributed by atoms with van der Waals surface area (Å²) in [5, 5.41) is 24.0. The maximum atomic E-state index is 12.5.